The molecule has 1 saturated heterocycles. The topological polar surface area (TPSA) is 38.8 Å². The van der Waals surface area contributed by atoms with Crippen LogP contribution in [0.1, 0.15) is 30.4 Å². The number of nitrogens with zero attached hydrogens (tertiary/aromatic N) is 1. The molecule has 2 aromatic rings. The van der Waals surface area contributed by atoms with Crippen molar-refractivity contribution in [3.8, 4) is 11.5 Å². The van der Waals surface area contributed by atoms with Crippen molar-refractivity contribution < 1.29 is 18.7 Å². The van der Waals surface area contributed by atoms with Gasteiger partial charge in [0, 0.05) is 19.0 Å². The molecule has 2 aromatic carbocycles. The van der Waals surface area contributed by atoms with Gasteiger partial charge in [0.25, 0.3) is 0 Å². The number of carbonyl (C=O) groups excluding carboxylic acids is 1. The minimum atomic E-state index is -0.224. The van der Waals surface area contributed by atoms with Gasteiger partial charge >= 0.3 is 0 Å². The second-order valence-electron chi connectivity index (χ2n) is 6.87. The van der Waals surface area contributed by atoms with E-state index >= 15 is 0 Å². The number of ether oxygens (including phenoxy) is 2. The maximum Gasteiger partial charge on any atom is 0.231 e. The quantitative estimate of drug-likeness (QED) is 0.820. The molecule has 2 aliphatic rings. The third-order valence-electron chi connectivity index (χ3n) is 5.14. The zero-order chi connectivity index (χ0) is 17.9. The summed E-state index contributed by atoms with van der Waals surface area (Å²) in [4.78, 5) is 14.7. The molecule has 5 heteroatoms. The zero-order valence-electron chi connectivity index (χ0n) is 14.6. The molecule has 2 aliphatic heterocycles. The molecule has 0 aromatic heterocycles. The summed E-state index contributed by atoms with van der Waals surface area (Å²) in [5.74, 6) is 1.44. The van der Waals surface area contributed by atoms with E-state index in [0.717, 1.165) is 42.0 Å². The molecule has 4 nitrogen and oxygen atoms in total. The van der Waals surface area contributed by atoms with Gasteiger partial charge in [0.15, 0.2) is 11.5 Å². The van der Waals surface area contributed by atoms with Gasteiger partial charge in [-0.05, 0) is 55.0 Å². The number of benzene rings is 2. The van der Waals surface area contributed by atoms with Crippen LogP contribution < -0.4 is 9.47 Å². The van der Waals surface area contributed by atoms with Gasteiger partial charge in [0.1, 0.15) is 5.82 Å². The maximum atomic E-state index is 13.4. The van der Waals surface area contributed by atoms with Crippen LogP contribution in [-0.2, 0) is 17.6 Å². The summed E-state index contributed by atoms with van der Waals surface area (Å²) in [6.45, 7) is 1.02. The Hall–Kier alpha value is -2.56. The number of hydrogen-bond donors (Lipinski definition) is 0. The molecule has 1 fully saturated rings. The van der Waals surface area contributed by atoms with Crippen LogP contribution in [0.3, 0.4) is 0 Å². The van der Waals surface area contributed by atoms with Crippen LogP contribution in [0, 0.1) is 5.82 Å². The van der Waals surface area contributed by atoms with E-state index in [4.69, 9.17) is 9.47 Å². The largest absolute Gasteiger partial charge is 0.454 e. The molecule has 0 aliphatic carbocycles. The smallest absolute Gasteiger partial charge is 0.231 e. The highest BCUT2D eigenvalue weighted by Crippen LogP contribution is 2.36. The number of para-hydroxylation sites is 1. The number of aryl methyl sites for hydroxylation is 1. The molecular formula is C21H22FNO3. The Bertz CT molecular complexity index is 808. The number of rotatable bonds is 5. The number of fused-ring (bicyclic) bond motifs is 1. The molecule has 2 heterocycles. The summed E-state index contributed by atoms with van der Waals surface area (Å²) in [5.41, 5.74) is 1.95. The van der Waals surface area contributed by atoms with Gasteiger partial charge in [-0.3, -0.25) is 4.79 Å². The second kappa shape index (κ2) is 7.36. The highest BCUT2D eigenvalue weighted by Gasteiger charge is 2.29. The van der Waals surface area contributed by atoms with Gasteiger partial charge < -0.3 is 14.4 Å². The Kier molecular flexibility index (Phi) is 4.78. The van der Waals surface area contributed by atoms with Crippen molar-refractivity contribution in [1.29, 1.82) is 0 Å². The van der Waals surface area contributed by atoms with E-state index in [1.165, 1.54) is 6.07 Å². The molecule has 1 atom stereocenters. The average Bonchev–Trinajstić information content (AvgIpc) is 3.29. The highest BCUT2D eigenvalue weighted by atomic mass is 19.1. The molecule has 136 valence electrons. The Morgan fingerprint density at radius 1 is 1.19 bits per heavy atom. The second-order valence-corrected chi connectivity index (χ2v) is 6.87. The zero-order valence-corrected chi connectivity index (χ0v) is 14.6. The first-order chi connectivity index (χ1) is 12.7. The summed E-state index contributed by atoms with van der Waals surface area (Å²) in [5, 5.41) is 0. The standard InChI is InChI=1S/C21H22FNO3/c22-17-6-1-4-15(12-17)13-18-7-3-11-23(18)20(24)10-9-16-5-2-8-19-21(16)26-14-25-19/h1-2,4-6,8,12,18H,3,7,9-11,13-14H2. The van der Waals surface area contributed by atoms with Crippen LogP contribution in [0.25, 0.3) is 0 Å². The van der Waals surface area contributed by atoms with Gasteiger partial charge in [0.05, 0.1) is 0 Å². The fraction of sp³-hybridized carbons (Fsp3) is 0.381. The van der Waals surface area contributed by atoms with E-state index in [-0.39, 0.29) is 24.6 Å². The van der Waals surface area contributed by atoms with E-state index in [1.807, 2.05) is 29.2 Å². The number of carbonyl (C=O) groups is 1. The third kappa shape index (κ3) is 3.52. The Balaban J connectivity index is 1.39. The van der Waals surface area contributed by atoms with Crippen LogP contribution in [-0.4, -0.2) is 30.2 Å². The van der Waals surface area contributed by atoms with Crippen molar-refractivity contribution in [2.45, 2.75) is 38.1 Å². The Labute approximate surface area is 152 Å². The maximum absolute atomic E-state index is 13.4. The molecule has 1 amide bonds. The lowest BCUT2D eigenvalue weighted by Gasteiger charge is -2.25. The van der Waals surface area contributed by atoms with Gasteiger partial charge in [-0.15, -0.1) is 0 Å². The van der Waals surface area contributed by atoms with Gasteiger partial charge in [0.2, 0.25) is 12.7 Å². The minimum absolute atomic E-state index is 0.153. The van der Waals surface area contributed by atoms with Crippen molar-refractivity contribution in [2.75, 3.05) is 13.3 Å². The SMILES string of the molecule is O=C(CCc1cccc2c1OCO2)N1CCCC1Cc1cccc(F)c1. The first-order valence-corrected chi connectivity index (χ1v) is 9.12. The fourth-order valence-corrected chi connectivity index (χ4v) is 3.88. The molecule has 0 radical (unpaired) electrons. The summed E-state index contributed by atoms with van der Waals surface area (Å²) in [6.07, 6.45) is 3.76. The molecular weight excluding hydrogens is 333 g/mol. The summed E-state index contributed by atoms with van der Waals surface area (Å²) in [7, 11) is 0. The third-order valence-corrected chi connectivity index (χ3v) is 5.14. The first-order valence-electron chi connectivity index (χ1n) is 9.12. The summed E-state index contributed by atoms with van der Waals surface area (Å²) in [6, 6.07) is 12.6. The monoisotopic (exact) mass is 355 g/mol. The predicted octanol–water partition coefficient (Wildman–Crippen LogP) is 3.72. The van der Waals surface area contributed by atoms with Crippen LogP contribution >= 0.6 is 0 Å². The van der Waals surface area contributed by atoms with Crippen molar-refractivity contribution >= 4 is 5.91 Å². The average molecular weight is 355 g/mol. The molecule has 4 rings (SSSR count). The van der Waals surface area contributed by atoms with Crippen LogP contribution in [0.4, 0.5) is 4.39 Å². The molecule has 26 heavy (non-hydrogen) atoms. The molecule has 0 spiro atoms. The van der Waals surface area contributed by atoms with Gasteiger partial charge in [-0.2, -0.15) is 0 Å². The van der Waals surface area contributed by atoms with Crippen molar-refractivity contribution in [3.63, 3.8) is 0 Å². The lowest BCUT2D eigenvalue weighted by atomic mass is 10.0. The van der Waals surface area contributed by atoms with Gasteiger partial charge in [-0.25, -0.2) is 4.39 Å². The van der Waals surface area contributed by atoms with E-state index in [0.29, 0.717) is 19.3 Å². The van der Waals surface area contributed by atoms with E-state index in [2.05, 4.69) is 0 Å². The van der Waals surface area contributed by atoms with Crippen LogP contribution in [0.15, 0.2) is 42.5 Å². The van der Waals surface area contributed by atoms with E-state index in [1.54, 1.807) is 12.1 Å². The first kappa shape index (κ1) is 16.9. The lowest BCUT2D eigenvalue weighted by Crippen LogP contribution is -2.36. The molecule has 0 N–H and O–H groups in total. The van der Waals surface area contributed by atoms with E-state index < -0.39 is 0 Å². The summed E-state index contributed by atoms with van der Waals surface area (Å²) >= 11 is 0. The molecule has 1 unspecified atom stereocenters. The Morgan fingerprint density at radius 2 is 2.08 bits per heavy atom. The molecule has 0 bridgehead atoms. The Morgan fingerprint density at radius 3 is 2.96 bits per heavy atom. The lowest BCUT2D eigenvalue weighted by molar-refractivity contribution is -0.131. The number of amides is 1. The van der Waals surface area contributed by atoms with Gasteiger partial charge in [-0.1, -0.05) is 24.3 Å². The van der Waals surface area contributed by atoms with Crippen molar-refractivity contribution in [2.24, 2.45) is 0 Å². The number of halogens is 1. The normalized spacial score (nSPS) is 18.3. The fourth-order valence-electron chi connectivity index (χ4n) is 3.88. The van der Waals surface area contributed by atoms with Crippen LogP contribution in [0.5, 0.6) is 11.5 Å². The van der Waals surface area contributed by atoms with Crippen LogP contribution in [0.2, 0.25) is 0 Å². The number of likely N-dealkylation sites (tertiary alicyclic amines) is 1. The summed E-state index contributed by atoms with van der Waals surface area (Å²) < 4.78 is 24.3. The van der Waals surface area contributed by atoms with Crippen molar-refractivity contribution in [3.05, 3.63) is 59.4 Å². The molecule has 0 saturated carbocycles. The highest BCUT2D eigenvalue weighted by molar-refractivity contribution is 5.77. The minimum Gasteiger partial charge on any atom is -0.454 e. The number of hydrogen-bond acceptors (Lipinski definition) is 3. The van der Waals surface area contributed by atoms with E-state index in [9.17, 15) is 9.18 Å². The predicted molar refractivity (Wildman–Crippen MR) is 95.7 cm³/mol. The van der Waals surface area contributed by atoms with Crippen molar-refractivity contribution in [1.82, 2.24) is 4.90 Å².